The summed E-state index contributed by atoms with van der Waals surface area (Å²) in [5, 5.41) is 39.9. The van der Waals surface area contributed by atoms with Gasteiger partial charge in [0.05, 0.1) is 6.04 Å². The van der Waals surface area contributed by atoms with Crippen LogP contribution in [0, 0.1) is 0 Å². The van der Waals surface area contributed by atoms with Crippen LogP contribution < -0.4 is 20.8 Å². The second-order valence-corrected chi connectivity index (χ2v) is 15.7. The normalized spacial score (nSPS) is 13.9. The number of aliphatic hydroxyl groups excluding tert-OH is 1. The van der Waals surface area contributed by atoms with Gasteiger partial charge < -0.3 is 44.9 Å². The Balaban J connectivity index is 0.000000254. The topological polar surface area (TPSA) is 237 Å². The number of esters is 2. The lowest BCUT2D eigenvalue weighted by Gasteiger charge is -2.24. The molecule has 0 bridgehead atoms. The van der Waals surface area contributed by atoms with E-state index in [2.05, 4.69) is 33.8 Å². The van der Waals surface area contributed by atoms with Crippen molar-refractivity contribution < 1.29 is 58.2 Å². The monoisotopic (exact) mass is 928 g/mol. The van der Waals surface area contributed by atoms with E-state index in [0.717, 1.165) is 44.5 Å². The highest BCUT2D eigenvalue weighted by Crippen LogP contribution is 2.45. The zero-order valence-corrected chi connectivity index (χ0v) is 38.1. The highest BCUT2D eigenvalue weighted by molar-refractivity contribution is 6.38. The lowest BCUT2D eigenvalue weighted by atomic mass is 9.98. The molecule has 3 N–H and O–H groups in total. The Bertz CT molecular complexity index is 2390. The summed E-state index contributed by atoms with van der Waals surface area (Å²) in [6.45, 7) is 9.78. The molecule has 6 rings (SSSR count). The molecule has 16 heteroatoms. The molecule has 0 saturated heterocycles. The molecule has 0 spiro atoms. The molecule has 2 aliphatic rings. The molecule has 3 unspecified atom stereocenters. The molecule has 4 aromatic rings. The number of amides is 2. The quantitative estimate of drug-likeness (QED) is 0.0333. The van der Waals surface area contributed by atoms with Crippen molar-refractivity contribution in [1.82, 2.24) is 10.6 Å². The summed E-state index contributed by atoms with van der Waals surface area (Å²) in [5.41, 5.74) is 8.67. The van der Waals surface area contributed by atoms with Crippen LogP contribution in [0.5, 0.6) is 0 Å². The van der Waals surface area contributed by atoms with E-state index in [1.807, 2.05) is 104 Å². The lowest BCUT2D eigenvalue weighted by Crippen LogP contribution is -2.44. The minimum Gasteiger partial charge on any atom is -0.599 e. The van der Waals surface area contributed by atoms with Gasteiger partial charge in [0, 0.05) is 25.0 Å². The van der Waals surface area contributed by atoms with Crippen LogP contribution in [0.15, 0.2) is 132 Å². The first-order valence-electron chi connectivity index (χ1n) is 22.3. The molecular weight excluding hydrogens is 873 g/mol. The van der Waals surface area contributed by atoms with Crippen molar-refractivity contribution >= 4 is 41.7 Å². The van der Waals surface area contributed by atoms with E-state index < -0.39 is 73.0 Å². The molecule has 4 aromatic carbocycles. The summed E-state index contributed by atoms with van der Waals surface area (Å²) < 4.78 is 20.4. The minimum atomic E-state index is -1.60. The summed E-state index contributed by atoms with van der Waals surface area (Å²) >= 11 is 0. The fraction of sp³-hybridized carbons (Fsp3) is 0.327. The van der Waals surface area contributed by atoms with Crippen LogP contribution in [-0.4, -0.2) is 105 Å². The maximum absolute atomic E-state index is 12.5. The van der Waals surface area contributed by atoms with E-state index in [4.69, 9.17) is 18.9 Å². The Morgan fingerprint density at radius 2 is 1.01 bits per heavy atom. The number of nitrogens with one attached hydrogen (secondary N) is 2. The highest BCUT2D eigenvalue weighted by atomic mass is 16.6. The molecule has 0 heterocycles. The highest BCUT2D eigenvalue weighted by Gasteiger charge is 2.30. The predicted octanol–water partition coefficient (Wildman–Crippen LogP) is 4.02. The summed E-state index contributed by atoms with van der Waals surface area (Å²) in [5.74, 6) is -4.37. The Morgan fingerprint density at radius 1 is 0.618 bits per heavy atom. The first-order valence-corrected chi connectivity index (χ1v) is 22.3. The number of ether oxygens (including phenoxy) is 4. The van der Waals surface area contributed by atoms with Gasteiger partial charge in [0.1, 0.15) is 44.5 Å². The number of carbonyl (C=O) groups is 5. The van der Waals surface area contributed by atoms with Crippen molar-refractivity contribution in [3.05, 3.63) is 145 Å². The third-order valence-corrected chi connectivity index (χ3v) is 11.0. The fourth-order valence-corrected chi connectivity index (χ4v) is 7.88. The second-order valence-electron chi connectivity index (χ2n) is 15.7. The molecule has 0 aromatic heterocycles. The summed E-state index contributed by atoms with van der Waals surface area (Å²) in [7, 11) is 0. The predicted molar refractivity (Wildman–Crippen MR) is 251 cm³/mol. The second kappa shape index (κ2) is 25.9. The smallest absolute Gasteiger partial charge is 0.325 e. The Morgan fingerprint density at radius 3 is 1.43 bits per heavy atom. The fourth-order valence-electron chi connectivity index (χ4n) is 7.88. The molecule has 2 aliphatic carbocycles. The summed E-state index contributed by atoms with van der Waals surface area (Å²) in [4.78, 5) is 67.7. The van der Waals surface area contributed by atoms with Gasteiger partial charge in [0.2, 0.25) is 5.78 Å². The van der Waals surface area contributed by atoms with Crippen molar-refractivity contribution in [3.63, 3.8) is 0 Å². The van der Waals surface area contributed by atoms with Gasteiger partial charge in [0.25, 0.3) is 11.8 Å². The van der Waals surface area contributed by atoms with Crippen LogP contribution in [-0.2, 0) is 42.9 Å². The zero-order chi connectivity index (χ0) is 49.0. The molecule has 3 atom stereocenters. The van der Waals surface area contributed by atoms with Gasteiger partial charge in [-0.2, -0.15) is 0 Å². The average Bonchev–Trinajstić information content (AvgIpc) is 3.86. The van der Waals surface area contributed by atoms with Gasteiger partial charge in [-0.3, -0.25) is 34.0 Å². The molecule has 0 radical (unpaired) electrons. The third kappa shape index (κ3) is 13.7. The van der Waals surface area contributed by atoms with E-state index in [-0.39, 0.29) is 44.7 Å². The van der Waals surface area contributed by atoms with Gasteiger partial charge in [-0.25, -0.2) is 0 Å². The average molecular weight is 929 g/mol. The van der Waals surface area contributed by atoms with Crippen LogP contribution in [0.2, 0.25) is 0 Å². The number of rotatable bonds is 22. The number of benzene rings is 4. The van der Waals surface area contributed by atoms with E-state index in [1.165, 1.54) is 12.2 Å². The first-order chi connectivity index (χ1) is 32.9. The van der Waals surface area contributed by atoms with Gasteiger partial charge in [-0.1, -0.05) is 149 Å². The first kappa shape index (κ1) is 51.4. The SMILES string of the molecule is C=CCOC(=O)CNC(=O)C(=O)C(CCC)N=C([O-])OCC1c2ccccc2-c2ccccc21.C=CCOC(=O)CNC(=O)C(O)C(CCC)N=C([O-])OCC1c2ccccc2-c2ccccc21. The number of Topliss-reactive ketones (excluding diaryl/α,β-unsaturated/α-hetero) is 1. The number of hydrogen-bond acceptors (Lipinski definition) is 14. The van der Waals surface area contributed by atoms with Crippen LogP contribution >= 0.6 is 0 Å². The Labute approximate surface area is 395 Å². The van der Waals surface area contributed by atoms with Crippen molar-refractivity contribution in [1.29, 1.82) is 0 Å². The summed E-state index contributed by atoms with van der Waals surface area (Å²) in [6.07, 6.45) is 1.00. The van der Waals surface area contributed by atoms with Crippen LogP contribution in [0.1, 0.15) is 73.6 Å². The standard InChI is InChI=1S/C26H30N2O6.C26H28N2O6/c2*1-3-9-22(24(30)25(31)27-15-23(29)33-14-4-2)28-26(32)34-16-21-19-12-7-5-10-17(19)18-11-6-8-13-20(18)21/h4-8,10-13,21-22,24,30H,2-3,9,14-16H2,1H3,(H,27,31)(H,28,32);4-8,10-13,21-22H,2-3,9,14-16H2,1H3,(H,27,31)(H,28,32)/p-2. The zero-order valence-electron chi connectivity index (χ0n) is 38.1. The number of nitrogens with zero attached hydrogens (tertiary/aromatic N) is 2. The van der Waals surface area contributed by atoms with Gasteiger partial charge in [-0.05, 0) is 57.3 Å². The van der Waals surface area contributed by atoms with Crippen molar-refractivity contribution in [2.75, 3.05) is 39.5 Å². The van der Waals surface area contributed by atoms with Gasteiger partial charge in [0.15, 0.2) is 6.10 Å². The number of aliphatic imine (C=N–C) groups is 2. The minimum absolute atomic E-state index is 0.00176. The van der Waals surface area contributed by atoms with E-state index in [1.54, 1.807) is 6.92 Å². The van der Waals surface area contributed by atoms with Crippen molar-refractivity contribution in [3.8, 4) is 22.3 Å². The molecular formula is C52H56N4O12-2. The van der Waals surface area contributed by atoms with Gasteiger partial charge in [-0.15, -0.1) is 0 Å². The van der Waals surface area contributed by atoms with E-state index >= 15 is 0 Å². The van der Waals surface area contributed by atoms with E-state index in [0.29, 0.717) is 19.3 Å². The lowest BCUT2D eigenvalue weighted by molar-refractivity contribution is -0.252. The Kier molecular flexibility index (Phi) is 19.6. The molecule has 0 aliphatic heterocycles. The molecule has 68 heavy (non-hydrogen) atoms. The van der Waals surface area contributed by atoms with Crippen molar-refractivity contribution in [2.45, 2.75) is 69.6 Å². The van der Waals surface area contributed by atoms with Crippen LogP contribution in [0.4, 0.5) is 0 Å². The maximum atomic E-state index is 12.5. The largest absolute Gasteiger partial charge is 0.599 e. The number of ketones is 1. The molecule has 358 valence electrons. The maximum Gasteiger partial charge on any atom is 0.325 e. The molecule has 0 fully saturated rings. The number of fused-ring (bicyclic) bond motifs is 6. The van der Waals surface area contributed by atoms with Crippen LogP contribution in [0.25, 0.3) is 22.3 Å². The number of aliphatic hydroxyl groups is 1. The van der Waals surface area contributed by atoms with Gasteiger partial charge >= 0.3 is 11.9 Å². The molecule has 16 nitrogen and oxygen atoms in total. The van der Waals surface area contributed by atoms with Crippen molar-refractivity contribution in [2.24, 2.45) is 9.98 Å². The van der Waals surface area contributed by atoms with Crippen LogP contribution in [0.3, 0.4) is 0 Å². The third-order valence-electron chi connectivity index (χ3n) is 11.0. The van der Waals surface area contributed by atoms with E-state index in [9.17, 15) is 39.3 Å². The summed E-state index contributed by atoms with van der Waals surface area (Å²) in [6, 6.07) is 29.6. The number of hydrogen-bond donors (Lipinski definition) is 3. The Hall–Kier alpha value is -7.59. The number of carbonyl (C=O) groups excluding carboxylic acids is 5. The molecule has 2 amide bonds. The molecule has 0 saturated carbocycles.